The number of nitrogens with one attached hydrogen (secondary N) is 1. The average molecular weight is 498 g/mol. The number of hydrogen-bond acceptors (Lipinski definition) is 9. The lowest BCUT2D eigenvalue weighted by atomic mass is 10.1. The summed E-state index contributed by atoms with van der Waals surface area (Å²) >= 11 is 0. The second-order valence-corrected chi connectivity index (χ2v) is 8.55. The number of aromatic nitrogens is 1. The molecule has 3 rings (SSSR count). The fourth-order valence-electron chi connectivity index (χ4n) is 3.95. The molecule has 2 aromatic rings. The zero-order valence-corrected chi connectivity index (χ0v) is 21.7. The number of morpholine rings is 1. The summed E-state index contributed by atoms with van der Waals surface area (Å²) in [5.74, 6) is 0.824. The van der Waals surface area contributed by atoms with E-state index in [4.69, 9.17) is 14.2 Å². The summed E-state index contributed by atoms with van der Waals surface area (Å²) in [6, 6.07) is 11.2. The van der Waals surface area contributed by atoms with Crippen LogP contribution in [0.4, 0.5) is 11.5 Å². The highest BCUT2D eigenvalue weighted by molar-refractivity contribution is 5.92. The van der Waals surface area contributed by atoms with Gasteiger partial charge < -0.3 is 19.1 Å². The highest BCUT2D eigenvalue weighted by Gasteiger charge is 2.13. The molecule has 0 radical (unpaired) electrons. The van der Waals surface area contributed by atoms with Crippen molar-refractivity contribution < 1.29 is 19.0 Å². The molecule has 0 aliphatic carbocycles. The zero-order chi connectivity index (χ0) is 25.6. The topological polar surface area (TPSA) is 88.5 Å². The monoisotopic (exact) mass is 497 g/mol. The maximum absolute atomic E-state index is 12.0. The number of rotatable bonds is 14. The van der Waals surface area contributed by atoms with Gasteiger partial charge in [-0.3, -0.25) is 10.3 Å². The van der Waals surface area contributed by atoms with Gasteiger partial charge in [0.2, 0.25) is 5.88 Å². The third-order valence-corrected chi connectivity index (χ3v) is 5.69. The van der Waals surface area contributed by atoms with Gasteiger partial charge in [0, 0.05) is 50.5 Å². The van der Waals surface area contributed by atoms with Gasteiger partial charge in [-0.1, -0.05) is 26.0 Å². The van der Waals surface area contributed by atoms with Crippen molar-refractivity contribution in [1.29, 1.82) is 0 Å². The molecule has 9 heteroatoms. The second kappa shape index (κ2) is 15.1. The third-order valence-electron chi connectivity index (χ3n) is 5.69. The maximum atomic E-state index is 12.0. The molecule has 1 aromatic heterocycles. The van der Waals surface area contributed by atoms with Crippen molar-refractivity contribution in [3.05, 3.63) is 47.5 Å². The van der Waals surface area contributed by atoms with E-state index in [1.165, 1.54) is 0 Å². The van der Waals surface area contributed by atoms with Crippen molar-refractivity contribution >= 4 is 23.7 Å². The number of ether oxygens (including phenoxy) is 3. The Morgan fingerprint density at radius 3 is 2.67 bits per heavy atom. The molecule has 0 spiro atoms. The summed E-state index contributed by atoms with van der Waals surface area (Å²) in [4.78, 5) is 21.3. The first-order chi connectivity index (χ1) is 17.6. The average Bonchev–Trinajstić information content (AvgIpc) is 2.89. The van der Waals surface area contributed by atoms with Gasteiger partial charge in [0.15, 0.2) is 5.82 Å². The number of hydrazone groups is 1. The Hall–Kier alpha value is -3.17. The number of carbonyl (C=O) groups excluding carboxylic acids is 1. The van der Waals surface area contributed by atoms with Gasteiger partial charge in [-0.15, -0.1) is 0 Å². The summed E-state index contributed by atoms with van der Waals surface area (Å²) in [6.45, 7) is 13.2. The van der Waals surface area contributed by atoms with Gasteiger partial charge in [0.1, 0.15) is 6.61 Å². The molecule has 1 saturated heterocycles. The molecule has 0 amide bonds. The highest BCUT2D eigenvalue weighted by atomic mass is 16.5. The second-order valence-electron chi connectivity index (χ2n) is 8.55. The predicted molar refractivity (Wildman–Crippen MR) is 143 cm³/mol. The predicted octanol–water partition coefficient (Wildman–Crippen LogP) is 4.04. The Balaban J connectivity index is 1.72. The van der Waals surface area contributed by atoms with Crippen LogP contribution >= 0.6 is 0 Å². The van der Waals surface area contributed by atoms with Crippen molar-refractivity contribution in [1.82, 2.24) is 9.88 Å². The van der Waals surface area contributed by atoms with Crippen LogP contribution in [0.25, 0.3) is 0 Å². The van der Waals surface area contributed by atoms with Crippen molar-refractivity contribution in [2.45, 2.75) is 33.6 Å². The minimum atomic E-state index is -0.346. The van der Waals surface area contributed by atoms with E-state index in [1.807, 2.05) is 18.2 Å². The minimum Gasteiger partial charge on any atom is -0.476 e. The van der Waals surface area contributed by atoms with Crippen LogP contribution in [-0.2, 0) is 9.47 Å². The number of pyridine rings is 1. The molecule has 1 aliphatic rings. The van der Waals surface area contributed by atoms with Crippen molar-refractivity contribution in [2.75, 3.05) is 69.5 Å². The van der Waals surface area contributed by atoms with Crippen molar-refractivity contribution in [3.63, 3.8) is 0 Å². The quantitative estimate of drug-likeness (QED) is 0.238. The molecule has 0 unspecified atom stereocenters. The van der Waals surface area contributed by atoms with E-state index in [0.29, 0.717) is 30.5 Å². The van der Waals surface area contributed by atoms with Crippen molar-refractivity contribution in [2.24, 2.45) is 5.10 Å². The van der Waals surface area contributed by atoms with E-state index in [1.54, 1.807) is 31.3 Å². The van der Waals surface area contributed by atoms with E-state index < -0.39 is 0 Å². The molecule has 1 N–H and O–H groups in total. The maximum Gasteiger partial charge on any atom is 0.338 e. The van der Waals surface area contributed by atoms with Crippen LogP contribution in [0.3, 0.4) is 0 Å². The summed E-state index contributed by atoms with van der Waals surface area (Å²) in [6.07, 6.45) is 3.76. The number of benzene rings is 1. The molecule has 2 heterocycles. The molecule has 196 valence electrons. The highest BCUT2D eigenvalue weighted by Crippen LogP contribution is 2.25. The van der Waals surface area contributed by atoms with E-state index in [2.05, 4.69) is 39.2 Å². The molecule has 0 saturated carbocycles. The first-order valence-electron chi connectivity index (χ1n) is 12.9. The smallest absolute Gasteiger partial charge is 0.338 e. The van der Waals surface area contributed by atoms with Crippen molar-refractivity contribution in [3.8, 4) is 5.88 Å². The lowest BCUT2D eigenvalue weighted by Gasteiger charge is -2.26. The number of carbonyl (C=O) groups is 1. The third kappa shape index (κ3) is 8.80. The van der Waals surface area contributed by atoms with Crippen LogP contribution in [0.15, 0.2) is 41.5 Å². The zero-order valence-electron chi connectivity index (χ0n) is 21.7. The minimum absolute atomic E-state index is 0.338. The van der Waals surface area contributed by atoms with Gasteiger partial charge in [0.25, 0.3) is 0 Å². The van der Waals surface area contributed by atoms with E-state index in [-0.39, 0.29) is 5.97 Å². The molecular formula is C27H39N5O4. The Kier molecular flexibility index (Phi) is 11.5. The SMILES string of the molecule is CCCN(CCC)c1cc(N/N=C/c2cccc(C(=O)OCC)c2)nc(OCCN2CCOCC2)c1. The standard InChI is InChI=1S/C27H39N5O4/c1-4-10-32(11-5-2)24-19-25(29-26(20-24)36-17-14-31-12-15-34-16-13-31)30-28-21-22-8-7-9-23(18-22)27(33)35-6-3/h7-9,18-21H,4-6,10-17H2,1-3H3,(H,29,30)/b28-21+. The fraction of sp³-hybridized carbons (Fsp3) is 0.519. The molecule has 1 fully saturated rings. The van der Waals surface area contributed by atoms with Gasteiger partial charge in [-0.05, 0) is 37.5 Å². The molecule has 1 aliphatic heterocycles. The number of anilines is 2. The Morgan fingerprint density at radius 2 is 1.94 bits per heavy atom. The van der Waals surface area contributed by atoms with Crippen LogP contribution in [-0.4, -0.2) is 81.2 Å². The fourth-order valence-corrected chi connectivity index (χ4v) is 3.95. The molecule has 9 nitrogen and oxygen atoms in total. The molecule has 0 bridgehead atoms. The van der Waals surface area contributed by atoms with Gasteiger partial charge in [0.05, 0.1) is 31.6 Å². The van der Waals surface area contributed by atoms with Crippen LogP contribution in [0, 0.1) is 0 Å². The Labute approximate surface area is 214 Å². The van der Waals surface area contributed by atoms with Gasteiger partial charge in [-0.25, -0.2) is 4.79 Å². The van der Waals surface area contributed by atoms with Crippen LogP contribution in [0.5, 0.6) is 5.88 Å². The lowest BCUT2D eigenvalue weighted by Crippen LogP contribution is -2.38. The van der Waals surface area contributed by atoms with E-state index >= 15 is 0 Å². The normalized spacial score (nSPS) is 14.1. The molecular weight excluding hydrogens is 458 g/mol. The van der Waals surface area contributed by atoms with E-state index in [9.17, 15) is 4.79 Å². The summed E-state index contributed by atoms with van der Waals surface area (Å²) < 4.78 is 16.6. The lowest BCUT2D eigenvalue weighted by molar-refractivity contribution is 0.0320. The first kappa shape index (κ1) is 27.4. The van der Waals surface area contributed by atoms with Gasteiger partial charge in [-0.2, -0.15) is 10.1 Å². The summed E-state index contributed by atoms with van der Waals surface area (Å²) in [5.41, 5.74) is 5.36. The first-order valence-corrected chi connectivity index (χ1v) is 12.9. The summed E-state index contributed by atoms with van der Waals surface area (Å²) in [7, 11) is 0. The largest absolute Gasteiger partial charge is 0.476 e. The molecule has 36 heavy (non-hydrogen) atoms. The number of esters is 1. The van der Waals surface area contributed by atoms with E-state index in [0.717, 1.165) is 70.0 Å². The summed E-state index contributed by atoms with van der Waals surface area (Å²) in [5, 5.41) is 4.36. The Morgan fingerprint density at radius 1 is 1.17 bits per heavy atom. The van der Waals surface area contributed by atoms with Crippen LogP contribution in [0.1, 0.15) is 49.5 Å². The molecule has 0 atom stereocenters. The van der Waals surface area contributed by atoms with Gasteiger partial charge >= 0.3 is 5.97 Å². The Bertz CT molecular complexity index is 972. The molecule has 1 aromatic carbocycles. The number of hydrogen-bond donors (Lipinski definition) is 1. The number of nitrogens with zero attached hydrogens (tertiary/aromatic N) is 4. The van der Waals surface area contributed by atoms with Crippen LogP contribution < -0.4 is 15.1 Å². The van der Waals surface area contributed by atoms with Crippen LogP contribution in [0.2, 0.25) is 0 Å².